The molecule has 0 aliphatic carbocycles. The SMILES string of the molecule is [2H]C([2H])([2H])C(=O)C#N. The number of hydrogen-bond acceptors (Lipinski definition) is 2. The Morgan fingerprint density at radius 3 is 3.00 bits per heavy atom. The van der Waals surface area contributed by atoms with E-state index in [9.17, 15) is 4.79 Å². The smallest absolute Gasteiger partial charge is 0.228 e. The van der Waals surface area contributed by atoms with Crippen LogP contribution in [0.15, 0.2) is 0 Å². The van der Waals surface area contributed by atoms with E-state index >= 15 is 0 Å². The summed E-state index contributed by atoms with van der Waals surface area (Å²) in [7, 11) is 0. The van der Waals surface area contributed by atoms with Crippen molar-refractivity contribution in [2.75, 3.05) is 0 Å². The number of rotatable bonds is 0. The van der Waals surface area contributed by atoms with Crippen molar-refractivity contribution in [3.05, 3.63) is 0 Å². The minimum atomic E-state index is -2.74. The summed E-state index contributed by atoms with van der Waals surface area (Å²) in [6.45, 7) is -2.74. The average Bonchev–Trinajstić information content (AvgIpc) is 1.62. The van der Waals surface area contributed by atoms with E-state index in [4.69, 9.17) is 9.37 Å². The highest BCUT2D eigenvalue weighted by Gasteiger charge is 1.75. The third-order valence-corrected chi connectivity index (χ3v) is 0.102. The molecule has 0 fully saturated rings. The molecule has 2 heteroatoms. The lowest BCUT2D eigenvalue weighted by Crippen LogP contribution is -1.75. The van der Waals surface area contributed by atoms with Crippen LogP contribution in [-0.2, 0) is 4.79 Å². The topological polar surface area (TPSA) is 40.9 Å². The number of Topliss-reactive ketones (excluding diaryl/α,β-unsaturated/α-hetero) is 1. The van der Waals surface area contributed by atoms with Crippen LogP contribution in [0, 0.1) is 11.3 Å². The van der Waals surface area contributed by atoms with Gasteiger partial charge in [0.25, 0.3) is 0 Å². The fourth-order valence-corrected chi connectivity index (χ4v) is 0. The van der Waals surface area contributed by atoms with Crippen molar-refractivity contribution in [2.24, 2.45) is 0 Å². The highest BCUT2D eigenvalue weighted by molar-refractivity contribution is 5.90. The van der Waals surface area contributed by atoms with Gasteiger partial charge in [0.05, 0.1) is 0 Å². The van der Waals surface area contributed by atoms with E-state index in [1.165, 1.54) is 0 Å². The molecule has 2 nitrogen and oxygen atoms in total. The second kappa shape index (κ2) is 1.48. The average molecular weight is 72.1 g/mol. The van der Waals surface area contributed by atoms with Gasteiger partial charge in [-0.05, 0) is 0 Å². The van der Waals surface area contributed by atoms with Crippen LogP contribution in [-0.4, -0.2) is 5.78 Å². The number of nitrogens with zero attached hydrogens (tertiary/aromatic N) is 1. The second-order valence-electron chi connectivity index (χ2n) is 0.441. The minimum Gasteiger partial charge on any atom is -0.283 e. The van der Waals surface area contributed by atoms with Crippen LogP contribution in [0.5, 0.6) is 0 Å². The van der Waals surface area contributed by atoms with Crippen molar-refractivity contribution < 1.29 is 8.91 Å². The number of carbonyl (C=O) groups is 1. The van der Waals surface area contributed by atoms with E-state index in [0.717, 1.165) is 6.07 Å². The van der Waals surface area contributed by atoms with Gasteiger partial charge >= 0.3 is 0 Å². The van der Waals surface area contributed by atoms with E-state index in [2.05, 4.69) is 0 Å². The molecule has 0 unspecified atom stereocenters. The summed E-state index contributed by atoms with van der Waals surface area (Å²) in [5.41, 5.74) is 0. The third kappa shape index (κ3) is 3.16. The second-order valence-corrected chi connectivity index (χ2v) is 0.441. The first-order chi connectivity index (χ1) is 3.48. The van der Waals surface area contributed by atoms with Gasteiger partial charge in [0.15, 0.2) is 0 Å². The van der Waals surface area contributed by atoms with Crippen LogP contribution in [0.4, 0.5) is 0 Å². The Balaban J connectivity index is 4.09. The quantitative estimate of drug-likeness (QED) is 0.381. The van der Waals surface area contributed by atoms with Gasteiger partial charge in [0.2, 0.25) is 5.78 Å². The van der Waals surface area contributed by atoms with Gasteiger partial charge in [-0.3, -0.25) is 4.79 Å². The summed E-state index contributed by atoms with van der Waals surface area (Å²) < 4.78 is 18.9. The fraction of sp³-hybridized carbons (Fsp3) is 0.333. The predicted molar refractivity (Wildman–Crippen MR) is 16.3 cm³/mol. The highest BCUT2D eigenvalue weighted by atomic mass is 16.1. The molecule has 0 aliphatic rings. The molecule has 0 heterocycles. The molecule has 0 saturated carbocycles. The molecule has 26 valence electrons. The maximum atomic E-state index is 9.91. The summed E-state index contributed by atoms with van der Waals surface area (Å²) in [5, 5.41) is 7.71. The summed E-state index contributed by atoms with van der Waals surface area (Å²) >= 11 is 0. The van der Waals surface area contributed by atoms with Crippen molar-refractivity contribution in [1.29, 1.82) is 5.26 Å². The highest BCUT2D eigenvalue weighted by Crippen LogP contribution is 1.52. The van der Waals surface area contributed by atoms with Crippen molar-refractivity contribution in [3.63, 3.8) is 0 Å². The largest absolute Gasteiger partial charge is 0.283 e. The number of ketones is 1. The third-order valence-electron chi connectivity index (χ3n) is 0.102. The Labute approximate surface area is 34.2 Å². The van der Waals surface area contributed by atoms with Crippen LogP contribution in [0.2, 0.25) is 0 Å². The maximum absolute atomic E-state index is 9.91. The minimum absolute atomic E-state index is 1.00. The molecule has 0 saturated heterocycles. The molecule has 0 amide bonds. The molecule has 0 aromatic rings. The lowest BCUT2D eigenvalue weighted by Gasteiger charge is -1.53. The molecule has 0 aliphatic heterocycles. The van der Waals surface area contributed by atoms with Crippen LogP contribution in [0.25, 0.3) is 0 Å². The van der Waals surface area contributed by atoms with Crippen LogP contribution < -0.4 is 0 Å². The van der Waals surface area contributed by atoms with E-state index in [1.54, 1.807) is 0 Å². The monoisotopic (exact) mass is 72.0 g/mol. The fourth-order valence-electron chi connectivity index (χ4n) is 0. The van der Waals surface area contributed by atoms with Gasteiger partial charge in [0.1, 0.15) is 6.07 Å². The standard InChI is InChI=1S/C3H3NO/c1-3(5)2-4/h1H3/i1D3. The summed E-state index contributed by atoms with van der Waals surface area (Å²) in [6, 6.07) is 1.00. The van der Waals surface area contributed by atoms with Crippen LogP contribution in [0.1, 0.15) is 11.0 Å². The van der Waals surface area contributed by atoms with E-state index in [1.807, 2.05) is 0 Å². The molecule has 0 rings (SSSR count). The summed E-state index contributed by atoms with van der Waals surface area (Å²) in [5.74, 6) is -1.36. The molecule has 5 heavy (non-hydrogen) atoms. The van der Waals surface area contributed by atoms with Crippen molar-refractivity contribution in [3.8, 4) is 6.07 Å². The predicted octanol–water partition coefficient (Wildman–Crippen LogP) is 0.0990. The molecule has 0 radical (unpaired) electrons. The molecule has 0 N–H and O–H groups in total. The van der Waals surface area contributed by atoms with E-state index < -0.39 is 12.6 Å². The molecule has 0 bridgehead atoms. The lowest BCUT2D eigenvalue weighted by molar-refractivity contribution is -0.112. The Morgan fingerprint density at radius 1 is 2.40 bits per heavy atom. The number of nitriles is 1. The molecule has 0 spiro atoms. The van der Waals surface area contributed by atoms with Gasteiger partial charge < -0.3 is 0 Å². The van der Waals surface area contributed by atoms with Crippen molar-refractivity contribution in [1.82, 2.24) is 0 Å². The van der Waals surface area contributed by atoms with E-state index in [0.29, 0.717) is 0 Å². The Kier molecular flexibility index (Phi) is 0.323. The van der Waals surface area contributed by atoms with Crippen molar-refractivity contribution >= 4 is 5.78 Å². The first-order valence-electron chi connectivity index (χ1n) is 2.43. The van der Waals surface area contributed by atoms with Crippen LogP contribution >= 0.6 is 0 Å². The number of carbonyl (C=O) groups excluding carboxylic acids is 1. The van der Waals surface area contributed by atoms with Gasteiger partial charge in [-0.25, -0.2) is 0 Å². The Hall–Kier alpha value is -0.840. The molecule has 0 atom stereocenters. The van der Waals surface area contributed by atoms with Gasteiger partial charge in [-0.1, -0.05) is 0 Å². The summed E-state index contributed by atoms with van der Waals surface area (Å²) in [6.07, 6.45) is 0. The zero-order valence-corrected chi connectivity index (χ0v) is 2.36. The summed E-state index contributed by atoms with van der Waals surface area (Å²) in [4.78, 5) is 9.91. The van der Waals surface area contributed by atoms with Gasteiger partial charge in [-0.2, -0.15) is 5.26 Å². The lowest BCUT2D eigenvalue weighted by atomic mass is 10.5. The van der Waals surface area contributed by atoms with Gasteiger partial charge in [-0.15, -0.1) is 0 Å². The normalized spacial score (nSPS) is 17.0. The zero-order valence-electron chi connectivity index (χ0n) is 5.36. The first-order valence-corrected chi connectivity index (χ1v) is 0.928. The van der Waals surface area contributed by atoms with Crippen LogP contribution in [0.3, 0.4) is 0 Å². The molecule has 0 aromatic carbocycles. The number of hydrogen-bond donors (Lipinski definition) is 0. The zero-order chi connectivity index (χ0) is 6.78. The molecular weight excluding hydrogens is 66.0 g/mol. The molecular formula is C3H3NO. The van der Waals surface area contributed by atoms with Crippen molar-refractivity contribution in [2.45, 2.75) is 6.85 Å². The molecule has 0 aromatic heterocycles. The van der Waals surface area contributed by atoms with E-state index in [-0.39, 0.29) is 0 Å². The van der Waals surface area contributed by atoms with Gasteiger partial charge in [0, 0.05) is 11.0 Å². The Morgan fingerprint density at radius 2 is 3.00 bits per heavy atom. The maximum Gasteiger partial charge on any atom is 0.228 e. The first kappa shape index (κ1) is 1.09. The Bertz CT molecular complexity index is 142.